The Kier molecular flexibility index (Phi) is 4.89. The van der Waals surface area contributed by atoms with Crippen molar-refractivity contribution in [3.05, 3.63) is 45.6 Å². The van der Waals surface area contributed by atoms with Crippen molar-refractivity contribution in [3.8, 4) is 10.4 Å². The van der Waals surface area contributed by atoms with Crippen LogP contribution < -0.4 is 0 Å². The number of hydrogen-bond acceptors (Lipinski definition) is 6. The van der Waals surface area contributed by atoms with Gasteiger partial charge in [-0.1, -0.05) is 0 Å². The average molecular weight is 346 g/mol. The number of methoxy groups -OCH3 is 1. The minimum atomic E-state index is -0.401. The van der Waals surface area contributed by atoms with Crippen molar-refractivity contribution in [2.24, 2.45) is 5.92 Å². The molecule has 0 radical (unpaired) electrons. The maximum absolute atomic E-state index is 11.6. The summed E-state index contributed by atoms with van der Waals surface area (Å²) in [7, 11) is 1.44. The van der Waals surface area contributed by atoms with E-state index in [-0.39, 0.29) is 17.6 Å². The summed E-state index contributed by atoms with van der Waals surface area (Å²) in [5, 5.41) is 11.8. The van der Waals surface area contributed by atoms with Gasteiger partial charge in [-0.2, -0.15) is 0 Å². The van der Waals surface area contributed by atoms with Crippen molar-refractivity contribution in [1.29, 1.82) is 0 Å². The van der Waals surface area contributed by atoms with Crippen LogP contribution in [0.3, 0.4) is 0 Å². The first-order valence-electron chi connectivity index (χ1n) is 7.87. The molecule has 1 aromatic carbocycles. The standard InChI is InChI=1S/C17H18N2O4S/c1-23-17(20)13-4-2-12(3-5-13)16-18-10-15(24-16)11-6-8-14(9-7-11)19(21)22/h6-10,12-13H,2-5H2,1H3. The van der Waals surface area contributed by atoms with E-state index < -0.39 is 4.92 Å². The van der Waals surface area contributed by atoms with Crippen LogP contribution in [0.15, 0.2) is 30.5 Å². The average Bonchev–Trinajstić information content (AvgIpc) is 3.11. The number of carbonyl (C=O) groups is 1. The van der Waals surface area contributed by atoms with Gasteiger partial charge in [-0.15, -0.1) is 11.3 Å². The van der Waals surface area contributed by atoms with E-state index in [1.807, 2.05) is 6.20 Å². The third kappa shape index (κ3) is 3.46. The second kappa shape index (κ2) is 7.09. The molecule has 1 heterocycles. The van der Waals surface area contributed by atoms with E-state index in [1.165, 1.54) is 19.2 Å². The molecule has 6 nitrogen and oxygen atoms in total. The normalized spacial score (nSPS) is 20.5. The Morgan fingerprint density at radius 3 is 2.50 bits per heavy atom. The number of hydrogen-bond donors (Lipinski definition) is 0. The van der Waals surface area contributed by atoms with Gasteiger partial charge in [0.2, 0.25) is 0 Å². The molecule has 0 bridgehead atoms. The van der Waals surface area contributed by atoms with Gasteiger partial charge in [-0.3, -0.25) is 14.9 Å². The predicted octanol–water partition coefficient (Wildman–Crippen LogP) is 4.17. The first-order valence-corrected chi connectivity index (χ1v) is 8.68. The summed E-state index contributed by atoms with van der Waals surface area (Å²) >= 11 is 1.62. The quantitative estimate of drug-likeness (QED) is 0.471. The largest absolute Gasteiger partial charge is 0.469 e. The van der Waals surface area contributed by atoms with E-state index >= 15 is 0 Å². The number of ether oxygens (including phenoxy) is 1. The lowest BCUT2D eigenvalue weighted by molar-refractivity contribution is -0.384. The summed E-state index contributed by atoms with van der Waals surface area (Å²) in [5.74, 6) is 0.280. The molecule has 0 saturated heterocycles. The molecule has 126 valence electrons. The molecule has 1 aromatic heterocycles. The molecular formula is C17H18N2O4S. The topological polar surface area (TPSA) is 82.3 Å². The molecule has 24 heavy (non-hydrogen) atoms. The molecule has 7 heteroatoms. The van der Waals surface area contributed by atoms with E-state index in [0.717, 1.165) is 41.1 Å². The maximum Gasteiger partial charge on any atom is 0.308 e. The van der Waals surface area contributed by atoms with Gasteiger partial charge in [0, 0.05) is 24.2 Å². The van der Waals surface area contributed by atoms with Crippen molar-refractivity contribution < 1.29 is 14.5 Å². The summed E-state index contributed by atoms with van der Waals surface area (Å²) in [6.45, 7) is 0. The van der Waals surface area contributed by atoms with Gasteiger partial charge in [0.15, 0.2) is 0 Å². The van der Waals surface area contributed by atoms with Gasteiger partial charge in [0.1, 0.15) is 0 Å². The fourth-order valence-corrected chi connectivity index (χ4v) is 4.19. The lowest BCUT2D eigenvalue weighted by Crippen LogP contribution is -2.22. The van der Waals surface area contributed by atoms with Crippen LogP contribution in [0, 0.1) is 16.0 Å². The van der Waals surface area contributed by atoms with Gasteiger partial charge in [0.05, 0.1) is 27.8 Å². The fourth-order valence-electron chi connectivity index (χ4n) is 3.10. The predicted molar refractivity (Wildman–Crippen MR) is 90.9 cm³/mol. The Labute approximate surface area is 143 Å². The summed E-state index contributed by atoms with van der Waals surface area (Å²) in [6, 6.07) is 6.53. The molecule has 2 aromatic rings. The third-order valence-electron chi connectivity index (χ3n) is 4.50. The maximum atomic E-state index is 11.6. The lowest BCUT2D eigenvalue weighted by atomic mass is 9.82. The van der Waals surface area contributed by atoms with Crippen LogP contribution in [-0.4, -0.2) is 23.0 Å². The Balaban J connectivity index is 1.68. The number of carbonyl (C=O) groups excluding carboxylic acids is 1. The van der Waals surface area contributed by atoms with Crippen molar-refractivity contribution >= 4 is 23.0 Å². The number of nitrogens with zero attached hydrogens (tertiary/aromatic N) is 2. The molecule has 0 unspecified atom stereocenters. The Hall–Kier alpha value is -2.28. The number of rotatable bonds is 4. The van der Waals surface area contributed by atoms with Crippen molar-refractivity contribution in [1.82, 2.24) is 4.98 Å². The molecule has 1 fully saturated rings. The molecule has 0 amide bonds. The SMILES string of the molecule is COC(=O)C1CCC(c2ncc(-c3ccc([N+](=O)[O-])cc3)s2)CC1. The van der Waals surface area contributed by atoms with Crippen LogP contribution >= 0.6 is 11.3 Å². The van der Waals surface area contributed by atoms with Gasteiger partial charge in [-0.05, 0) is 43.4 Å². The molecular weight excluding hydrogens is 328 g/mol. The number of thiazole rings is 1. The minimum absolute atomic E-state index is 0.0142. The summed E-state index contributed by atoms with van der Waals surface area (Å²) in [6.07, 6.45) is 5.38. The van der Waals surface area contributed by atoms with Crippen molar-refractivity contribution in [3.63, 3.8) is 0 Å². The van der Waals surface area contributed by atoms with E-state index in [2.05, 4.69) is 4.98 Å². The van der Waals surface area contributed by atoms with Crippen LogP contribution in [0.4, 0.5) is 5.69 Å². The lowest BCUT2D eigenvalue weighted by Gasteiger charge is -2.25. The van der Waals surface area contributed by atoms with Gasteiger partial charge >= 0.3 is 5.97 Å². The Morgan fingerprint density at radius 2 is 1.92 bits per heavy atom. The molecule has 0 N–H and O–H groups in total. The van der Waals surface area contributed by atoms with E-state index in [0.29, 0.717) is 5.92 Å². The van der Waals surface area contributed by atoms with E-state index in [4.69, 9.17) is 4.74 Å². The minimum Gasteiger partial charge on any atom is -0.469 e. The highest BCUT2D eigenvalue weighted by Crippen LogP contribution is 2.39. The van der Waals surface area contributed by atoms with Crippen LogP contribution in [0.1, 0.15) is 36.6 Å². The monoisotopic (exact) mass is 346 g/mol. The summed E-state index contributed by atoms with van der Waals surface area (Å²) in [5.41, 5.74) is 1.03. The number of nitro benzene ring substituents is 1. The molecule has 0 aliphatic heterocycles. The summed E-state index contributed by atoms with van der Waals surface area (Å²) < 4.78 is 4.82. The second-order valence-corrected chi connectivity index (χ2v) is 7.00. The van der Waals surface area contributed by atoms with Gasteiger partial charge in [0.25, 0.3) is 5.69 Å². The zero-order valence-electron chi connectivity index (χ0n) is 13.3. The van der Waals surface area contributed by atoms with E-state index in [9.17, 15) is 14.9 Å². The Bertz CT molecular complexity index is 733. The van der Waals surface area contributed by atoms with Crippen LogP contribution in [0.2, 0.25) is 0 Å². The second-order valence-electron chi connectivity index (χ2n) is 5.94. The number of aromatic nitrogens is 1. The highest BCUT2D eigenvalue weighted by atomic mass is 32.1. The van der Waals surface area contributed by atoms with Gasteiger partial charge < -0.3 is 4.74 Å². The molecule has 0 atom stereocenters. The van der Waals surface area contributed by atoms with Crippen LogP contribution in [0.25, 0.3) is 10.4 Å². The van der Waals surface area contributed by atoms with Crippen LogP contribution in [0.5, 0.6) is 0 Å². The smallest absolute Gasteiger partial charge is 0.308 e. The van der Waals surface area contributed by atoms with Crippen molar-refractivity contribution in [2.45, 2.75) is 31.6 Å². The molecule has 1 aliphatic rings. The number of benzene rings is 1. The molecule has 0 spiro atoms. The van der Waals surface area contributed by atoms with Crippen molar-refractivity contribution in [2.75, 3.05) is 7.11 Å². The number of esters is 1. The zero-order valence-corrected chi connectivity index (χ0v) is 14.1. The Morgan fingerprint density at radius 1 is 1.25 bits per heavy atom. The molecule has 1 saturated carbocycles. The fraction of sp³-hybridized carbons (Fsp3) is 0.412. The zero-order chi connectivity index (χ0) is 17.1. The first kappa shape index (κ1) is 16.6. The third-order valence-corrected chi connectivity index (χ3v) is 5.71. The van der Waals surface area contributed by atoms with Gasteiger partial charge in [-0.25, -0.2) is 4.98 Å². The number of non-ortho nitro benzene ring substituents is 1. The molecule has 3 rings (SSSR count). The molecule has 1 aliphatic carbocycles. The first-order chi connectivity index (χ1) is 11.6. The highest BCUT2D eigenvalue weighted by Gasteiger charge is 2.29. The highest BCUT2D eigenvalue weighted by molar-refractivity contribution is 7.15. The van der Waals surface area contributed by atoms with Crippen LogP contribution in [-0.2, 0) is 9.53 Å². The summed E-state index contributed by atoms with van der Waals surface area (Å²) in [4.78, 5) is 27.5. The van der Waals surface area contributed by atoms with E-state index in [1.54, 1.807) is 23.5 Å². The number of nitro groups is 1.